The van der Waals surface area contributed by atoms with Crippen molar-refractivity contribution in [2.45, 2.75) is 26.2 Å². The lowest BCUT2D eigenvalue weighted by atomic mass is 10.2. The molecule has 0 aromatic heterocycles. The molecule has 0 spiro atoms. The first kappa shape index (κ1) is 20.1. The van der Waals surface area contributed by atoms with Gasteiger partial charge in [-0.3, -0.25) is 0 Å². The van der Waals surface area contributed by atoms with Crippen molar-refractivity contribution in [2.75, 3.05) is 0 Å². The molecule has 0 heterocycles. The van der Waals surface area contributed by atoms with Crippen molar-refractivity contribution in [3.8, 4) is 11.5 Å². The predicted molar refractivity (Wildman–Crippen MR) is 107 cm³/mol. The van der Waals surface area contributed by atoms with Crippen molar-refractivity contribution >= 4 is 39.7 Å². The number of allylic oxidation sites excluding steroid dienone is 1. The molecular weight excluding hydrogens is 471 g/mol. The summed E-state index contributed by atoms with van der Waals surface area (Å²) < 4.78 is 30.8. The molecular formula is C18H19Br2O4P. The van der Waals surface area contributed by atoms with Crippen molar-refractivity contribution in [1.82, 2.24) is 0 Å². The van der Waals surface area contributed by atoms with Gasteiger partial charge in [0.1, 0.15) is 17.3 Å². The number of phosphoric acid groups is 1. The predicted octanol–water partition coefficient (Wildman–Crippen LogP) is 7.42. The molecule has 2 aromatic carbocycles. The Morgan fingerprint density at radius 3 is 1.80 bits per heavy atom. The molecule has 0 unspecified atom stereocenters. The summed E-state index contributed by atoms with van der Waals surface area (Å²) in [5.74, 6) is 1.29. The van der Waals surface area contributed by atoms with E-state index in [9.17, 15) is 4.57 Å². The van der Waals surface area contributed by atoms with Crippen LogP contribution in [0.25, 0.3) is 0 Å². The van der Waals surface area contributed by atoms with E-state index in [-0.39, 0.29) is 0 Å². The van der Waals surface area contributed by atoms with E-state index in [1.165, 1.54) is 0 Å². The molecule has 134 valence electrons. The van der Waals surface area contributed by atoms with Crippen molar-refractivity contribution in [2.24, 2.45) is 0 Å². The standard InChI is InChI=1S/C18H19Br2O4P/c1-2-3-14-17(18(19)20)24-25(21,22-15-10-6-4-7-11-15)23-16-12-8-5-9-13-16/h4-13H,2-3,14H2,1H3. The van der Waals surface area contributed by atoms with Crippen LogP contribution >= 0.6 is 39.7 Å². The van der Waals surface area contributed by atoms with E-state index in [4.69, 9.17) is 13.6 Å². The van der Waals surface area contributed by atoms with E-state index >= 15 is 0 Å². The van der Waals surface area contributed by atoms with Gasteiger partial charge in [0.15, 0.2) is 0 Å². The van der Waals surface area contributed by atoms with Crippen LogP contribution in [0.5, 0.6) is 11.5 Å². The third-order valence-electron chi connectivity index (χ3n) is 3.11. The summed E-state index contributed by atoms with van der Waals surface area (Å²) in [5, 5.41) is 0. The average Bonchev–Trinajstić information content (AvgIpc) is 2.60. The quantitative estimate of drug-likeness (QED) is 0.271. The number of unbranched alkanes of at least 4 members (excludes halogenated alkanes) is 1. The van der Waals surface area contributed by atoms with E-state index in [0.29, 0.717) is 27.1 Å². The van der Waals surface area contributed by atoms with Crippen LogP contribution in [-0.2, 0) is 9.09 Å². The van der Waals surface area contributed by atoms with E-state index in [0.717, 1.165) is 12.8 Å². The first-order valence-corrected chi connectivity index (χ1v) is 10.9. The first-order chi connectivity index (χ1) is 12.0. The highest BCUT2D eigenvalue weighted by Gasteiger charge is 2.34. The second-order valence-electron chi connectivity index (χ2n) is 5.13. The lowest BCUT2D eigenvalue weighted by molar-refractivity contribution is 0.250. The third-order valence-corrected chi connectivity index (χ3v) is 5.31. The largest absolute Gasteiger partial charge is 0.646 e. The Morgan fingerprint density at radius 2 is 1.40 bits per heavy atom. The Labute approximate surface area is 165 Å². The Kier molecular flexibility index (Phi) is 8.07. The summed E-state index contributed by atoms with van der Waals surface area (Å²) in [7, 11) is -3.93. The molecule has 0 radical (unpaired) electrons. The Balaban J connectivity index is 2.27. The normalized spacial score (nSPS) is 10.8. The van der Waals surface area contributed by atoms with Crippen molar-refractivity contribution < 1.29 is 18.1 Å². The van der Waals surface area contributed by atoms with Gasteiger partial charge >= 0.3 is 7.82 Å². The van der Waals surface area contributed by atoms with Crippen LogP contribution in [0.2, 0.25) is 0 Å². The van der Waals surface area contributed by atoms with Gasteiger partial charge in [-0.05, 0) is 62.5 Å². The fraction of sp³-hybridized carbons (Fsp3) is 0.222. The topological polar surface area (TPSA) is 44.8 Å². The molecule has 0 atom stereocenters. The lowest BCUT2D eigenvalue weighted by Gasteiger charge is -2.21. The Bertz CT molecular complexity index is 686. The van der Waals surface area contributed by atoms with Crippen LogP contribution in [0.4, 0.5) is 0 Å². The minimum Gasteiger partial charge on any atom is -0.389 e. The summed E-state index contributed by atoms with van der Waals surface area (Å²) >= 11 is 6.67. The van der Waals surface area contributed by atoms with Crippen molar-refractivity contribution in [3.63, 3.8) is 0 Å². The Morgan fingerprint density at radius 1 is 0.920 bits per heavy atom. The number of benzene rings is 2. The van der Waals surface area contributed by atoms with Gasteiger partial charge in [-0.2, -0.15) is 4.57 Å². The summed E-state index contributed by atoms with van der Waals surface area (Å²) in [5.41, 5.74) is 0. The molecule has 25 heavy (non-hydrogen) atoms. The average molecular weight is 490 g/mol. The molecule has 0 fully saturated rings. The SMILES string of the molecule is CCCCC(OP(=O)(Oc1ccccc1)Oc1ccccc1)=C(Br)Br. The van der Waals surface area contributed by atoms with Gasteiger partial charge in [-0.25, -0.2) is 0 Å². The van der Waals surface area contributed by atoms with Gasteiger partial charge in [0.05, 0.1) is 3.39 Å². The fourth-order valence-corrected chi connectivity index (χ4v) is 4.06. The number of hydrogen-bond donors (Lipinski definition) is 0. The number of halogens is 2. The van der Waals surface area contributed by atoms with Gasteiger partial charge < -0.3 is 13.6 Å². The summed E-state index contributed by atoms with van der Waals surface area (Å²) in [4.78, 5) is 0. The molecule has 0 saturated carbocycles. The molecule has 0 aliphatic heterocycles. The van der Waals surface area contributed by atoms with Crippen LogP contribution in [-0.4, -0.2) is 0 Å². The first-order valence-electron chi connectivity index (χ1n) is 7.85. The monoisotopic (exact) mass is 488 g/mol. The molecule has 0 aliphatic carbocycles. The lowest BCUT2D eigenvalue weighted by Crippen LogP contribution is -2.05. The van der Waals surface area contributed by atoms with Crippen LogP contribution in [0.15, 0.2) is 69.8 Å². The summed E-state index contributed by atoms with van der Waals surface area (Å²) in [6, 6.07) is 17.6. The molecule has 7 heteroatoms. The number of phosphoric ester groups is 1. The number of rotatable bonds is 9. The zero-order chi connectivity index (χ0) is 18.1. The van der Waals surface area contributed by atoms with E-state index in [1.54, 1.807) is 48.5 Å². The molecule has 0 bridgehead atoms. The van der Waals surface area contributed by atoms with Gasteiger partial charge in [0.2, 0.25) is 0 Å². The van der Waals surface area contributed by atoms with Gasteiger partial charge in [-0.15, -0.1) is 0 Å². The van der Waals surface area contributed by atoms with Crippen LogP contribution in [0.3, 0.4) is 0 Å². The number of para-hydroxylation sites is 2. The zero-order valence-electron chi connectivity index (χ0n) is 13.7. The highest BCUT2D eigenvalue weighted by Crippen LogP contribution is 2.52. The molecule has 0 saturated heterocycles. The minimum absolute atomic E-state index is 0.405. The second kappa shape index (κ2) is 10.0. The third kappa shape index (κ3) is 6.89. The highest BCUT2D eigenvalue weighted by molar-refractivity contribution is 9.28. The highest BCUT2D eigenvalue weighted by atomic mass is 79.9. The second-order valence-corrected chi connectivity index (χ2v) is 9.23. The minimum atomic E-state index is -3.93. The van der Waals surface area contributed by atoms with Gasteiger partial charge in [0, 0.05) is 6.42 Å². The van der Waals surface area contributed by atoms with Gasteiger partial charge in [0.25, 0.3) is 0 Å². The number of hydrogen-bond acceptors (Lipinski definition) is 4. The molecule has 2 aromatic rings. The van der Waals surface area contributed by atoms with Gasteiger partial charge in [-0.1, -0.05) is 49.7 Å². The summed E-state index contributed by atoms with van der Waals surface area (Å²) in [6.07, 6.45) is 2.46. The van der Waals surface area contributed by atoms with Crippen molar-refractivity contribution in [3.05, 3.63) is 69.8 Å². The molecule has 4 nitrogen and oxygen atoms in total. The fourth-order valence-electron chi connectivity index (χ4n) is 1.92. The maximum Gasteiger partial charge on any atom is 0.646 e. The smallest absolute Gasteiger partial charge is 0.389 e. The summed E-state index contributed by atoms with van der Waals surface area (Å²) in [6.45, 7) is 2.07. The van der Waals surface area contributed by atoms with E-state index < -0.39 is 7.82 Å². The molecule has 0 aliphatic rings. The molecule has 0 amide bonds. The zero-order valence-corrected chi connectivity index (χ0v) is 17.8. The van der Waals surface area contributed by atoms with Crippen LogP contribution < -0.4 is 9.05 Å². The van der Waals surface area contributed by atoms with Crippen LogP contribution in [0.1, 0.15) is 26.2 Å². The Hall–Kier alpha value is -1.23. The van der Waals surface area contributed by atoms with Crippen LogP contribution in [0, 0.1) is 0 Å². The maximum absolute atomic E-state index is 13.3. The molecule has 2 rings (SSSR count). The molecule has 0 N–H and O–H groups in total. The van der Waals surface area contributed by atoms with Crippen molar-refractivity contribution in [1.29, 1.82) is 0 Å². The van der Waals surface area contributed by atoms with E-state index in [2.05, 4.69) is 38.8 Å². The van der Waals surface area contributed by atoms with E-state index in [1.807, 2.05) is 12.1 Å². The maximum atomic E-state index is 13.3.